The Hall–Kier alpha value is -1.65. The molecule has 2 heterocycles. The van der Waals surface area contributed by atoms with Gasteiger partial charge in [0.2, 0.25) is 0 Å². The average molecular weight is 282 g/mol. The lowest BCUT2D eigenvalue weighted by atomic mass is 10.1. The van der Waals surface area contributed by atoms with Crippen LogP contribution in [0, 0.1) is 0 Å². The second-order valence-corrected chi connectivity index (χ2v) is 6.11. The number of pyridine rings is 1. The van der Waals surface area contributed by atoms with Gasteiger partial charge in [-0.2, -0.15) is 0 Å². The Bertz CT molecular complexity index is 642. The third kappa shape index (κ3) is 2.49. The summed E-state index contributed by atoms with van der Waals surface area (Å²) in [6.07, 6.45) is 2.80. The molecule has 0 amide bonds. The van der Waals surface area contributed by atoms with E-state index in [2.05, 4.69) is 39.0 Å². The van der Waals surface area contributed by atoms with Crippen molar-refractivity contribution in [1.29, 1.82) is 0 Å². The summed E-state index contributed by atoms with van der Waals surface area (Å²) in [7, 11) is 0. The van der Waals surface area contributed by atoms with Crippen molar-refractivity contribution in [3.63, 3.8) is 0 Å². The van der Waals surface area contributed by atoms with E-state index in [1.54, 1.807) is 0 Å². The molecule has 0 atom stereocenters. The number of fused-ring (bicyclic) bond motifs is 1. The molecule has 0 spiro atoms. The third-order valence-corrected chi connectivity index (χ3v) is 4.67. The molecule has 4 nitrogen and oxygen atoms in total. The van der Waals surface area contributed by atoms with Gasteiger partial charge in [-0.15, -0.1) is 0 Å². The fourth-order valence-corrected chi connectivity index (χ4v) is 3.34. The van der Waals surface area contributed by atoms with Crippen LogP contribution < -0.4 is 10.6 Å². The summed E-state index contributed by atoms with van der Waals surface area (Å²) in [5.41, 5.74) is 9.16. The molecule has 2 aliphatic rings. The average Bonchev–Trinajstić information content (AvgIpc) is 3.39. The van der Waals surface area contributed by atoms with Gasteiger partial charge in [-0.05, 0) is 25.0 Å². The van der Waals surface area contributed by atoms with E-state index in [1.807, 2.05) is 6.07 Å². The molecule has 2 aromatic rings. The maximum absolute atomic E-state index is 5.82. The topological polar surface area (TPSA) is 45.4 Å². The monoisotopic (exact) mass is 282 g/mol. The highest BCUT2D eigenvalue weighted by Gasteiger charge is 2.31. The number of para-hydroxylation sites is 1. The van der Waals surface area contributed by atoms with E-state index in [9.17, 15) is 0 Å². The molecule has 1 saturated carbocycles. The Labute approximate surface area is 125 Å². The number of rotatable bonds is 3. The lowest BCUT2D eigenvalue weighted by Gasteiger charge is -2.36. The summed E-state index contributed by atoms with van der Waals surface area (Å²) in [5.74, 6) is 0. The lowest BCUT2D eigenvalue weighted by Crippen LogP contribution is -2.47. The summed E-state index contributed by atoms with van der Waals surface area (Å²) in [5, 5.41) is 1.24. The van der Waals surface area contributed by atoms with Gasteiger partial charge in [-0.3, -0.25) is 9.88 Å². The first kappa shape index (κ1) is 13.0. The van der Waals surface area contributed by atoms with E-state index in [-0.39, 0.29) is 0 Å². The molecular formula is C17H22N4. The summed E-state index contributed by atoms with van der Waals surface area (Å²) >= 11 is 0. The smallest absolute Gasteiger partial charge is 0.0726 e. The van der Waals surface area contributed by atoms with Crippen LogP contribution in [0.15, 0.2) is 30.3 Å². The minimum atomic E-state index is 0.500. The zero-order valence-electron chi connectivity index (χ0n) is 12.3. The SMILES string of the molecule is NCc1cc(N2CCN(C3CC3)CC2)c2ccccc2n1. The van der Waals surface area contributed by atoms with Crippen LogP contribution in [0.2, 0.25) is 0 Å². The normalized spacial score (nSPS) is 20.1. The molecule has 0 bridgehead atoms. The van der Waals surface area contributed by atoms with Gasteiger partial charge in [0, 0.05) is 49.8 Å². The highest BCUT2D eigenvalue weighted by atomic mass is 15.3. The van der Waals surface area contributed by atoms with E-state index < -0.39 is 0 Å². The van der Waals surface area contributed by atoms with Crippen LogP contribution in [0.3, 0.4) is 0 Å². The number of anilines is 1. The highest BCUT2D eigenvalue weighted by Crippen LogP contribution is 2.31. The van der Waals surface area contributed by atoms with Crippen LogP contribution in [0.5, 0.6) is 0 Å². The predicted molar refractivity (Wildman–Crippen MR) is 86.4 cm³/mol. The maximum Gasteiger partial charge on any atom is 0.0726 e. The predicted octanol–water partition coefficient (Wildman–Crippen LogP) is 1.98. The van der Waals surface area contributed by atoms with Gasteiger partial charge >= 0.3 is 0 Å². The number of piperazine rings is 1. The van der Waals surface area contributed by atoms with E-state index in [0.29, 0.717) is 6.54 Å². The summed E-state index contributed by atoms with van der Waals surface area (Å²) in [4.78, 5) is 9.78. The van der Waals surface area contributed by atoms with Gasteiger partial charge in [0.15, 0.2) is 0 Å². The molecule has 1 aliphatic carbocycles. The molecule has 4 heteroatoms. The van der Waals surface area contributed by atoms with E-state index in [0.717, 1.165) is 30.3 Å². The number of nitrogens with zero attached hydrogens (tertiary/aromatic N) is 3. The van der Waals surface area contributed by atoms with Crippen molar-refractivity contribution >= 4 is 16.6 Å². The molecule has 0 unspecified atom stereocenters. The zero-order valence-corrected chi connectivity index (χ0v) is 12.3. The molecule has 0 radical (unpaired) electrons. The van der Waals surface area contributed by atoms with Crippen LogP contribution in [-0.4, -0.2) is 42.1 Å². The number of hydrogen-bond acceptors (Lipinski definition) is 4. The van der Waals surface area contributed by atoms with Crippen molar-refractivity contribution in [3.05, 3.63) is 36.0 Å². The molecule has 110 valence electrons. The molecule has 4 rings (SSSR count). The standard InChI is InChI=1S/C17H22N4/c18-12-13-11-17(15-3-1-2-4-16(15)19-13)21-9-7-20(8-10-21)14-5-6-14/h1-4,11,14H,5-10,12,18H2. The van der Waals surface area contributed by atoms with Crippen LogP contribution in [-0.2, 0) is 6.54 Å². The van der Waals surface area contributed by atoms with Gasteiger partial charge in [0.25, 0.3) is 0 Å². The van der Waals surface area contributed by atoms with E-state index in [1.165, 1.54) is 37.0 Å². The lowest BCUT2D eigenvalue weighted by molar-refractivity contribution is 0.248. The summed E-state index contributed by atoms with van der Waals surface area (Å²) in [6.45, 7) is 5.07. The third-order valence-electron chi connectivity index (χ3n) is 4.67. The molecule has 2 fully saturated rings. The van der Waals surface area contributed by atoms with Gasteiger partial charge in [0.05, 0.1) is 11.2 Å². The van der Waals surface area contributed by atoms with Gasteiger partial charge in [-0.1, -0.05) is 18.2 Å². The minimum Gasteiger partial charge on any atom is -0.368 e. The minimum absolute atomic E-state index is 0.500. The Morgan fingerprint density at radius 3 is 2.57 bits per heavy atom. The molecule has 1 aromatic carbocycles. The maximum atomic E-state index is 5.82. The molecule has 1 aliphatic heterocycles. The van der Waals surface area contributed by atoms with Crippen molar-refractivity contribution in [2.75, 3.05) is 31.1 Å². The summed E-state index contributed by atoms with van der Waals surface area (Å²) < 4.78 is 0. The number of nitrogens with two attached hydrogens (primary N) is 1. The quantitative estimate of drug-likeness (QED) is 0.935. The second-order valence-electron chi connectivity index (χ2n) is 6.11. The number of benzene rings is 1. The van der Waals surface area contributed by atoms with Gasteiger partial charge in [0.1, 0.15) is 0 Å². The second kappa shape index (κ2) is 5.28. The fourth-order valence-electron chi connectivity index (χ4n) is 3.34. The van der Waals surface area contributed by atoms with Crippen molar-refractivity contribution in [3.8, 4) is 0 Å². The zero-order chi connectivity index (χ0) is 14.2. The number of aromatic nitrogens is 1. The molecule has 2 N–H and O–H groups in total. The van der Waals surface area contributed by atoms with Crippen LogP contribution in [0.25, 0.3) is 10.9 Å². The van der Waals surface area contributed by atoms with Crippen LogP contribution in [0.1, 0.15) is 18.5 Å². The van der Waals surface area contributed by atoms with Crippen molar-refractivity contribution in [2.45, 2.75) is 25.4 Å². The first-order chi connectivity index (χ1) is 10.3. The summed E-state index contributed by atoms with van der Waals surface area (Å²) in [6, 6.07) is 11.4. The van der Waals surface area contributed by atoms with E-state index in [4.69, 9.17) is 5.73 Å². The highest BCUT2D eigenvalue weighted by molar-refractivity contribution is 5.92. The Morgan fingerprint density at radius 2 is 1.86 bits per heavy atom. The first-order valence-electron chi connectivity index (χ1n) is 7.93. The van der Waals surface area contributed by atoms with Crippen LogP contribution >= 0.6 is 0 Å². The van der Waals surface area contributed by atoms with Crippen LogP contribution in [0.4, 0.5) is 5.69 Å². The molecule has 1 saturated heterocycles. The van der Waals surface area contributed by atoms with Crippen molar-refractivity contribution in [1.82, 2.24) is 9.88 Å². The van der Waals surface area contributed by atoms with Gasteiger partial charge < -0.3 is 10.6 Å². The Morgan fingerprint density at radius 1 is 1.10 bits per heavy atom. The largest absolute Gasteiger partial charge is 0.368 e. The van der Waals surface area contributed by atoms with Crippen molar-refractivity contribution < 1.29 is 0 Å². The van der Waals surface area contributed by atoms with Crippen molar-refractivity contribution in [2.24, 2.45) is 5.73 Å². The first-order valence-corrected chi connectivity index (χ1v) is 7.93. The molecule has 21 heavy (non-hydrogen) atoms. The fraction of sp³-hybridized carbons (Fsp3) is 0.471. The Kier molecular flexibility index (Phi) is 3.28. The number of hydrogen-bond donors (Lipinski definition) is 1. The molecule has 1 aromatic heterocycles. The van der Waals surface area contributed by atoms with E-state index >= 15 is 0 Å². The molecular weight excluding hydrogens is 260 g/mol. The Balaban J connectivity index is 1.65. The van der Waals surface area contributed by atoms with Gasteiger partial charge in [-0.25, -0.2) is 0 Å².